The zero-order valence-electron chi connectivity index (χ0n) is 15.9. The molecule has 4 heterocycles. The lowest BCUT2D eigenvalue weighted by atomic mass is 9.73. The molecule has 3 aliphatic heterocycles. The Labute approximate surface area is 160 Å². The molecule has 142 valence electrons. The number of hydrogen-bond acceptors (Lipinski definition) is 5. The van der Waals surface area contributed by atoms with Crippen LogP contribution in [-0.4, -0.2) is 42.1 Å². The maximum atomic E-state index is 12.0. The summed E-state index contributed by atoms with van der Waals surface area (Å²) in [4.78, 5) is 18.9. The molecule has 0 N–H and O–H groups in total. The van der Waals surface area contributed by atoms with Gasteiger partial charge in [0, 0.05) is 30.6 Å². The number of benzene rings is 1. The van der Waals surface area contributed by atoms with Gasteiger partial charge in [0.05, 0.1) is 18.7 Å². The first-order chi connectivity index (χ1) is 13.1. The molecule has 3 aliphatic rings. The third-order valence-corrected chi connectivity index (χ3v) is 6.09. The van der Waals surface area contributed by atoms with Crippen LogP contribution in [0.5, 0.6) is 5.75 Å². The Morgan fingerprint density at radius 1 is 1.41 bits per heavy atom. The van der Waals surface area contributed by atoms with Crippen LogP contribution in [0.3, 0.4) is 0 Å². The van der Waals surface area contributed by atoms with E-state index in [1.165, 1.54) is 13.3 Å². The zero-order chi connectivity index (χ0) is 19.0. The Balaban J connectivity index is 1.76. The lowest BCUT2D eigenvalue weighted by molar-refractivity contribution is -0.154. The van der Waals surface area contributed by atoms with E-state index in [9.17, 15) is 4.79 Å². The number of hydrogen-bond donors (Lipinski definition) is 0. The summed E-state index contributed by atoms with van der Waals surface area (Å²) in [6, 6.07) is 7.99. The van der Waals surface area contributed by atoms with Gasteiger partial charge in [0.1, 0.15) is 11.9 Å². The summed E-state index contributed by atoms with van der Waals surface area (Å²) in [5.41, 5.74) is 1.88. The molecular weight excluding hydrogens is 340 g/mol. The van der Waals surface area contributed by atoms with Crippen molar-refractivity contribution in [1.29, 1.82) is 0 Å². The summed E-state index contributed by atoms with van der Waals surface area (Å²) in [5.74, 6) is 1.66. The first-order valence-corrected chi connectivity index (χ1v) is 9.57. The van der Waals surface area contributed by atoms with Gasteiger partial charge in [-0.05, 0) is 55.5 Å². The predicted molar refractivity (Wildman–Crippen MR) is 105 cm³/mol. The van der Waals surface area contributed by atoms with Crippen molar-refractivity contribution < 1.29 is 14.3 Å². The second-order valence-electron chi connectivity index (χ2n) is 7.56. The normalized spacial score (nSPS) is 27.9. The van der Waals surface area contributed by atoms with Crippen LogP contribution in [0.1, 0.15) is 31.4 Å². The summed E-state index contributed by atoms with van der Waals surface area (Å²) in [7, 11) is 1.65. The van der Waals surface area contributed by atoms with Gasteiger partial charge in [-0.2, -0.15) is 0 Å². The number of esters is 1. The predicted octanol–water partition coefficient (Wildman–Crippen LogP) is 3.74. The van der Waals surface area contributed by atoms with Crippen LogP contribution in [0, 0.1) is 11.8 Å². The van der Waals surface area contributed by atoms with Gasteiger partial charge in [0.15, 0.2) is 0 Å². The van der Waals surface area contributed by atoms with Crippen LogP contribution in [0.2, 0.25) is 0 Å². The van der Waals surface area contributed by atoms with Crippen LogP contribution < -0.4 is 4.74 Å². The fraction of sp³-hybridized carbons (Fsp3) is 0.455. The molecule has 5 rings (SSSR count). The maximum Gasteiger partial charge on any atom is 0.303 e. The van der Waals surface area contributed by atoms with Crippen molar-refractivity contribution in [3.8, 4) is 5.75 Å². The fourth-order valence-corrected chi connectivity index (χ4v) is 4.74. The van der Waals surface area contributed by atoms with Crippen LogP contribution in [0.4, 0.5) is 0 Å². The van der Waals surface area contributed by atoms with Gasteiger partial charge >= 0.3 is 5.97 Å². The Morgan fingerprint density at radius 3 is 2.93 bits per heavy atom. The molecule has 3 fully saturated rings. The SMILES string of the molecule is C=C[C@H]1CN2CC[C@@H]1C[C@H]2[C@H](OC(C)=O)c1ccnc2ccc(OC)cc12. The monoisotopic (exact) mass is 366 g/mol. The quantitative estimate of drug-likeness (QED) is 0.596. The van der Waals surface area contributed by atoms with E-state index >= 15 is 0 Å². The Bertz CT molecular complexity index is 866. The molecule has 1 unspecified atom stereocenters. The van der Waals surface area contributed by atoms with E-state index in [-0.39, 0.29) is 18.1 Å². The number of aromatic nitrogens is 1. The van der Waals surface area contributed by atoms with Gasteiger partial charge in [0.25, 0.3) is 0 Å². The molecule has 0 spiro atoms. The van der Waals surface area contributed by atoms with Gasteiger partial charge in [-0.3, -0.25) is 14.7 Å². The summed E-state index contributed by atoms with van der Waals surface area (Å²) in [6.45, 7) is 7.53. The van der Waals surface area contributed by atoms with E-state index in [0.29, 0.717) is 11.8 Å². The van der Waals surface area contributed by atoms with E-state index in [4.69, 9.17) is 9.47 Å². The van der Waals surface area contributed by atoms with Gasteiger partial charge in [-0.15, -0.1) is 6.58 Å². The smallest absolute Gasteiger partial charge is 0.303 e. The topological polar surface area (TPSA) is 51.7 Å². The Morgan fingerprint density at radius 2 is 2.26 bits per heavy atom. The number of methoxy groups -OCH3 is 1. The van der Waals surface area contributed by atoms with Crippen LogP contribution >= 0.6 is 0 Å². The van der Waals surface area contributed by atoms with E-state index < -0.39 is 0 Å². The third-order valence-electron chi connectivity index (χ3n) is 6.09. The number of ether oxygens (including phenoxy) is 2. The van der Waals surface area contributed by atoms with Gasteiger partial charge in [-0.25, -0.2) is 0 Å². The van der Waals surface area contributed by atoms with Crippen LogP contribution in [0.15, 0.2) is 43.1 Å². The fourth-order valence-electron chi connectivity index (χ4n) is 4.74. The van der Waals surface area contributed by atoms with Crippen molar-refractivity contribution in [2.24, 2.45) is 11.8 Å². The highest BCUT2D eigenvalue weighted by Gasteiger charge is 2.44. The standard InChI is InChI=1S/C22H26N2O3/c1-4-15-13-24-10-8-16(15)11-21(24)22(27-14(2)25)18-7-9-23-20-6-5-17(26-3)12-19(18)20/h4-7,9,12,15-16,21-22H,1,8,10-11,13H2,2-3H3/t15-,16+,21-,22+/m0/s1. The molecular formula is C22H26N2O3. The molecule has 0 radical (unpaired) electrons. The highest BCUT2D eigenvalue weighted by atomic mass is 16.5. The molecule has 0 saturated carbocycles. The van der Waals surface area contributed by atoms with Gasteiger partial charge in [-0.1, -0.05) is 6.08 Å². The average Bonchev–Trinajstić information content (AvgIpc) is 2.71. The highest BCUT2D eigenvalue weighted by Crippen LogP contribution is 2.43. The van der Waals surface area contributed by atoms with Crippen molar-refractivity contribution in [1.82, 2.24) is 9.88 Å². The van der Waals surface area contributed by atoms with E-state index in [2.05, 4.69) is 22.5 Å². The largest absolute Gasteiger partial charge is 0.497 e. The van der Waals surface area contributed by atoms with Crippen molar-refractivity contribution in [3.05, 3.63) is 48.7 Å². The summed E-state index contributed by atoms with van der Waals surface area (Å²) in [5, 5.41) is 0.978. The molecule has 27 heavy (non-hydrogen) atoms. The molecule has 3 saturated heterocycles. The molecule has 0 amide bonds. The van der Waals surface area contributed by atoms with Crippen molar-refractivity contribution in [3.63, 3.8) is 0 Å². The number of rotatable bonds is 5. The second kappa shape index (κ2) is 7.31. The molecule has 2 bridgehead atoms. The van der Waals surface area contributed by atoms with Crippen LogP contribution in [-0.2, 0) is 9.53 Å². The molecule has 1 aromatic carbocycles. The van der Waals surface area contributed by atoms with E-state index in [1.54, 1.807) is 13.3 Å². The van der Waals surface area contributed by atoms with Crippen LogP contribution in [0.25, 0.3) is 10.9 Å². The lowest BCUT2D eigenvalue weighted by Gasteiger charge is -2.51. The zero-order valence-corrected chi connectivity index (χ0v) is 15.9. The van der Waals surface area contributed by atoms with Crippen molar-refractivity contribution >= 4 is 16.9 Å². The van der Waals surface area contributed by atoms with E-state index in [0.717, 1.165) is 41.7 Å². The van der Waals surface area contributed by atoms with Gasteiger partial charge < -0.3 is 9.47 Å². The minimum Gasteiger partial charge on any atom is -0.497 e. The van der Waals surface area contributed by atoms with Gasteiger partial charge in [0.2, 0.25) is 0 Å². The lowest BCUT2D eigenvalue weighted by Crippen LogP contribution is -2.55. The minimum atomic E-state index is -0.311. The highest BCUT2D eigenvalue weighted by molar-refractivity contribution is 5.84. The number of carbonyl (C=O) groups is 1. The third kappa shape index (κ3) is 3.32. The first-order valence-electron chi connectivity index (χ1n) is 9.57. The molecule has 1 aromatic heterocycles. The van der Waals surface area contributed by atoms with E-state index in [1.807, 2.05) is 24.3 Å². The second-order valence-corrected chi connectivity index (χ2v) is 7.56. The van der Waals surface area contributed by atoms with Crippen molar-refractivity contribution in [2.45, 2.75) is 31.9 Å². The maximum absolute atomic E-state index is 12.0. The summed E-state index contributed by atoms with van der Waals surface area (Å²) in [6.07, 6.45) is 5.77. The molecule has 5 heteroatoms. The molecule has 0 aliphatic carbocycles. The Kier molecular flexibility index (Phi) is 4.87. The molecule has 5 nitrogen and oxygen atoms in total. The number of pyridine rings is 1. The minimum absolute atomic E-state index is 0.181. The first kappa shape index (κ1) is 18.0. The Hall–Kier alpha value is -2.40. The number of nitrogens with zero attached hydrogens (tertiary/aromatic N) is 2. The number of piperidine rings is 3. The molecule has 5 atom stereocenters. The molecule has 2 aromatic rings. The van der Waals surface area contributed by atoms with Crippen molar-refractivity contribution in [2.75, 3.05) is 20.2 Å². The number of fused-ring (bicyclic) bond motifs is 4. The number of carbonyl (C=O) groups excluding carboxylic acids is 1. The average molecular weight is 366 g/mol. The summed E-state index contributed by atoms with van der Waals surface area (Å²) >= 11 is 0. The summed E-state index contributed by atoms with van der Waals surface area (Å²) < 4.78 is 11.3.